The summed E-state index contributed by atoms with van der Waals surface area (Å²) in [6, 6.07) is 5.07. The van der Waals surface area contributed by atoms with Crippen LogP contribution in [-0.4, -0.2) is 25.7 Å². The van der Waals surface area contributed by atoms with Crippen LogP contribution in [0.25, 0.3) is 11.0 Å². The number of amides is 2. The monoisotopic (exact) mass is 417 g/mol. The van der Waals surface area contributed by atoms with Crippen molar-refractivity contribution in [3.8, 4) is 0 Å². The zero-order valence-electron chi connectivity index (χ0n) is 14.1. The largest absolute Gasteiger partial charge is 0.365 e. The number of hydrogen-bond acceptors (Lipinski definition) is 7. The number of carbonyl (C=O) groups excluding carboxylic acids is 2. The molecule has 0 bridgehead atoms. The van der Waals surface area contributed by atoms with Gasteiger partial charge in [0.25, 0.3) is 11.8 Å². The number of aryl methyl sites for hydroxylation is 1. The maximum absolute atomic E-state index is 12.5. The molecule has 0 aliphatic heterocycles. The molecule has 0 fully saturated rings. The number of nitrogens with two attached hydrogens (primary N) is 1. The van der Waals surface area contributed by atoms with E-state index in [0.29, 0.717) is 21.6 Å². The van der Waals surface area contributed by atoms with Crippen LogP contribution in [0.5, 0.6) is 0 Å². The number of benzene rings is 1. The van der Waals surface area contributed by atoms with Crippen molar-refractivity contribution < 1.29 is 9.59 Å². The zero-order chi connectivity index (χ0) is 19.0. The minimum Gasteiger partial charge on any atom is -0.365 e. The van der Waals surface area contributed by atoms with Crippen molar-refractivity contribution in [2.24, 2.45) is 5.73 Å². The molecule has 2 aromatic heterocycles. The van der Waals surface area contributed by atoms with Gasteiger partial charge in [-0.05, 0) is 61.7 Å². The Bertz CT molecular complexity index is 1070. The quantitative estimate of drug-likeness (QED) is 0.565. The average molecular weight is 418 g/mol. The second kappa shape index (κ2) is 7.29. The van der Waals surface area contributed by atoms with Crippen LogP contribution in [0.1, 0.15) is 44.0 Å². The molecule has 7 nitrogen and oxygen atoms in total. The van der Waals surface area contributed by atoms with E-state index in [0.717, 1.165) is 53.4 Å². The van der Waals surface area contributed by atoms with Gasteiger partial charge in [-0.25, -0.2) is 0 Å². The minimum atomic E-state index is -0.479. The number of thiophene rings is 1. The van der Waals surface area contributed by atoms with Gasteiger partial charge in [-0.3, -0.25) is 14.9 Å². The Morgan fingerprint density at radius 1 is 1.15 bits per heavy atom. The summed E-state index contributed by atoms with van der Waals surface area (Å²) in [5.41, 5.74) is 8.91. The highest BCUT2D eigenvalue weighted by Gasteiger charge is 2.24. The fourth-order valence-corrected chi connectivity index (χ4v) is 5.22. The molecule has 1 aliphatic rings. The summed E-state index contributed by atoms with van der Waals surface area (Å²) >= 11 is 7.83. The van der Waals surface area contributed by atoms with E-state index in [1.807, 2.05) is 0 Å². The molecule has 2 amide bonds. The van der Waals surface area contributed by atoms with Gasteiger partial charge in [0.05, 0.1) is 17.3 Å². The molecular weight excluding hydrogens is 402 g/mol. The van der Waals surface area contributed by atoms with Gasteiger partial charge in [-0.15, -0.1) is 11.3 Å². The van der Waals surface area contributed by atoms with Crippen molar-refractivity contribution in [1.29, 1.82) is 0 Å². The summed E-state index contributed by atoms with van der Waals surface area (Å²) in [6.45, 7) is 0. The Morgan fingerprint density at radius 3 is 2.74 bits per heavy atom. The van der Waals surface area contributed by atoms with Crippen molar-refractivity contribution >= 4 is 68.2 Å². The maximum Gasteiger partial charge on any atom is 0.257 e. The fraction of sp³-hybridized carbons (Fsp3) is 0.235. The lowest BCUT2D eigenvalue weighted by molar-refractivity contribution is 0.0975. The van der Waals surface area contributed by atoms with Crippen molar-refractivity contribution in [3.63, 3.8) is 0 Å². The maximum atomic E-state index is 12.5. The predicted octanol–water partition coefficient (Wildman–Crippen LogP) is 2.86. The summed E-state index contributed by atoms with van der Waals surface area (Å²) in [5, 5.41) is 6.33. The predicted molar refractivity (Wildman–Crippen MR) is 111 cm³/mol. The lowest BCUT2D eigenvalue weighted by atomic mass is 9.95. The van der Waals surface area contributed by atoms with Crippen LogP contribution >= 0.6 is 35.3 Å². The lowest BCUT2D eigenvalue weighted by Crippen LogP contribution is -2.34. The first-order valence-corrected chi connectivity index (χ1v) is 10.3. The summed E-state index contributed by atoms with van der Waals surface area (Å²) in [5.74, 6) is -0.836. The van der Waals surface area contributed by atoms with Gasteiger partial charge in [0.1, 0.15) is 16.0 Å². The number of primary amides is 1. The van der Waals surface area contributed by atoms with E-state index >= 15 is 0 Å². The molecule has 3 aromatic rings. The van der Waals surface area contributed by atoms with Crippen molar-refractivity contribution in [1.82, 2.24) is 14.1 Å². The van der Waals surface area contributed by atoms with Crippen molar-refractivity contribution in [2.75, 3.05) is 5.32 Å². The number of anilines is 1. The molecule has 10 heteroatoms. The normalized spacial score (nSPS) is 13.2. The molecular formula is C17H15N5O2S3. The van der Waals surface area contributed by atoms with Crippen LogP contribution in [0, 0.1) is 0 Å². The first-order valence-electron chi connectivity index (χ1n) is 8.32. The molecule has 4 N–H and O–H groups in total. The molecule has 0 saturated heterocycles. The van der Waals surface area contributed by atoms with E-state index in [1.54, 1.807) is 18.2 Å². The van der Waals surface area contributed by atoms with Crippen LogP contribution < -0.4 is 16.4 Å². The Labute approximate surface area is 168 Å². The Hall–Kier alpha value is -2.43. The van der Waals surface area contributed by atoms with Crippen LogP contribution in [0.4, 0.5) is 5.00 Å². The van der Waals surface area contributed by atoms with Crippen molar-refractivity contribution in [3.05, 3.63) is 39.8 Å². The number of rotatable bonds is 3. The molecule has 0 radical (unpaired) electrons. The molecule has 0 atom stereocenters. The second-order valence-corrected chi connectivity index (χ2v) is 8.20. The van der Waals surface area contributed by atoms with Crippen LogP contribution in [0.3, 0.4) is 0 Å². The first-order chi connectivity index (χ1) is 13.0. The van der Waals surface area contributed by atoms with E-state index in [2.05, 4.69) is 19.4 Å². The third-order valence-corrected chi connectivity index (χ3v) is 6.36. The fourth-order valence-electron chi connectivity index (χ4n) is 3.15. The van der Waals surface area contributed by atoms with Crippen molar-refractivity contribution in [2.45, 2.75) is 25.7 Å². The van der Waals surface area contributed by atoms with Gasteiger partial charge in [0.2, 0.25) is 0 Å². The topological polar surface area (TPSA) is 110 Å². The number of hydrogen-bond donors (Lipinski definition) is 3. The molecule has 1 aromatic carbocycles. The van der Waals surface area contributed by atoms with Gasteiger partial charge in [0, 0.05) is 10.4 Å². The zero-order valence-corrected chi connectivity index (χ0v) is 16.5. The highest BCUT2D eigenvalue weighted by Crippen LogP contribution is 2.37. The summed E-state index contributed by atoms with van der Waals surface area (Å²) in [4.78, 5) is 25.5. The summed E-state index contributed by atoms with van der Waals surface area (Å²) < 4.78 is 8.24. The average Bonchev–Trinajstić information content (AvgIpc) is 3.24. The van der Waals surface area contributed by atoms with E-state index in [-0.39, 0.29) is 11.0 Å². The molecule has 0 unspecified atom stereocenters. The van der Waals surface area contributed by atoms with Gasteiger partial charge in [0.15, 0.2) is 5.11 Å². The summed E-state index contributed by atoms with van der Waals surface area (Å²) in [7, 11) is 0. The number of aromatic nitrogens is 2. The highest BCUT2D eigenvalue weighted by molar-refractivity contribution is 7.80. The van der Waals surface area contributed by atoms with Crippen LogP contribution in [0.15, 0.2) is 18.2 Å². The molecule has 4 rings (SSSR count). The Morgan fingerprint density at radius 2 is 1.93 bits per heavy atom. The SMILES string of the molecule is NC(=O)c1c(NC(=S)NC(=O)c2ccc3nsnc3c2)sc2c1CCCC2. The van der Waals surface area contributed by atoms with E-state index in [9.17, 15) is 9.59 Å². The molecule has 27 heavy (non-hydrogen) atoms. The van der Waals surface area contributed by atoms with Gasteiger partial charge in [-0.2, -0.15) is 8.75 Å². The molecule has 138 valence electrons. The van der Waals surface area contributed by atoms with Crippen LogP contribution in [0.2, 0.25) is 0 Å². The molecule has 0 saturated carbocycles. The Kier molecular flexibility index (Phi) is 4.85. The smallest absolute Gasteiger partial charge is 0.257 e. The second-order valence-electron chi connectivity index (χ2n) is 6.16. The molecule has 2 heterocycles. The van der Waals surface area contributed by atoms with Gasteiger partial charge < -0.3 is 11.1 Å². The first kappa shape index (κ1) is 18.0. The lowest BCUT2D eigenvalue weighted by Gasteiger charge is -2.11. The third kappa shape index (κ3) is 3.55. The number of thiocarbonyl (C=S) groups is 1. The van der Waals surface area contributed by atoms with E-state index < -0.39 is 5.91 Å². The van der Waals surface area contributed by atoms with E-state index in [4.69, 9.17) is 18.0 Å². The van der Waals surface area contributed by atoms with Gasteiger partial charge in [-0.1, -0.05) is 0 Å². The van der Waals surface area contributed by atoms with Gasteiger partial charge >= 0.3 is 0 Å². The molecule has 0 spiro atoms. The Balaban J connectivity index is 1.51. The highest BCUT2D eigenvalue weighted by atomic mass is 32.1. The number of fused-ring (bicyclic) bond motifs is 2. The summed E-state index contributed by atoms with van der Waals surface area (Å²) in [6.07, 6.45) is 3.91. The minimum absolute atomic E-state index is 0.123. The number of nitrogens with one attached hydrogen (secondary N) is 2. The number of nitrogens with zero attached hydrogens (tertiary/aromatic N) is 2. The van der Waals surface area contributed by atoms with E-state index in [1.165, 1.54) is 11.3 Å². The van der Waals surface area contributed by atoms with Crippen LogP contribution in [-0.2, 0) is 12.8 Å². The standard InChI is InChI=1S/C17H15N5O2S3/c18-14(23)13-9-3-1-2-4-12(9)26-16(13)20-17(25)19-15(24)8-5-6-10-11(7-8)22-27-21-10/h5-7H,1-4H2,(H2,18,23)(H2,19,20,24,25). The number of carbonyl (C=O) groups is 2. The third-order valence-electron chi connectivity index (χ3n) is 4.39. The molecule has 1 aliphatic carbocycles.